The number of hydrogen-bond acceptors (Lipinski definition) is 0. The first-order valence-corrected chi connectivity index (χ1v) is 7.68. The van der Waals surface area contributed by atoms with Gasteiger partial charge in [0.1, 0.15) is 0 Å². The molecule has 0 aromatic heterocycles. The zero-order valence-corrected chi connectivity index (χ0v) is 14.0. The number of benzene rings is 2. The van der Waals surface area contributed by atoms with Crippen LogP contribution in [0.15, 0.2) is 42.5 Å². The van der Waals surface area contributed by atoms with Gasteiger partial charge in [-0.25, -0.2) is 0 Å². The van der Waals surface area contributed by atoms with E-state index in [1.807, 2.05) is 12.1 Å². The van der Waals surface area contributed by atoms with Crippen molar-refractivity contribution in [2.45, 2.75) is 31.6 Å². The van der Waals surface area contributed by atoms with E-state index in [9.17, 15) is 0 Å². The van der Waals surface area contributed by atoms with E-state index in [2.05, 4.69) is 45.0 Å². The van der Waals surface area contributed by atoms with Crippen molar-refractivity contribution in [2.24, 2.45) is 0 Å². The summed E-state index contributed by atoms with van der Waals surface area (Å²) in [5.74, 6) is 0. The van der Waals surface area contributed by atoms with Crippen molar-refractivity contribution >= 4 is 34.8 Å². The van der Waals surface area contributed by atoms with Crippen LogP contribution in [0.2, 0.25) is 10.0 Å². The molecule has 0 aliphatic carbocycles. The Labute approximate surface area is 135 Å². The Morgan fingerprint density at radius 2 is 1.50 bits per heavy atom. The van der Waals surface area contributed by atoms with Crippen molar-refractivity contribution < 1.29 is 0 Å². The predicted octanol–water partition coefficient (Wildman–Crippen LogP) is 6.62. The van der Waals surface area contributed by atoms with Gasteiger partial charge in [-0.15, -0.1) is 11.6 Å². The molecule has 0 spiro atoms. The molecule has 0 fully saturated rings. The molecule has 1 atom stereocenters. The summed E-state index contributed by atoms with van der Waals surface area (Å²) < 4.78 is 0. The van der Waals surface area contributed by atoms with Crippen LogP contribution in [0, 0.1) is 0 Å². The second-order valence-electron chi connectivity index (χ2n) is 5.90. The molecule has 0 amide bonds. The van der Waals surface area contributed by atoms with Crippen molar-refractivity contribution in [1.82, 2.24) is 0 Å². The molecule has 0 radical (unpaired) electrons. The van der Waals surface area contributed by atoms with Crippen LogP contribution < -0.4 is 0 Å². The van der Waals surface area contributed by atoms with Gasteiger partial charge in [0.05, 0.1) is 5.38 Å². The van der Waals surface area contributed by atoms with E-state index in [4.69, 9.17) is 34.8 Å². The van der Waals surface area contributed by atoms with Gasteiger partial charge in [0.2, 0.25) is 0 Å². The molecule has 2 aromatic rings. The van der Waals surface area contributed by atoms with Crippen LogP contribution >= 0.6 is 34.8 Å². The van der Waals surface area contributed by atoms with E-state index in [0.29, 0.717) is 10.0 Å². The van der Waals surface area contributed by atoms with E-state index in [0.717, 1.165) is 11.1 Å². The Hall–Kier alpha value is -0.690. The normalized spacial score (nSPS) is 13.3. The highest BCUT2D eigenvalue weighted by Crippen LogP contribution is 2.35. The van der Waals surface area contributed by atoms with E-state index >= 15 is 0 Å². The lowest BCUT2D eigenvalue weighted by molar-refractivity contribution is 0.590. The molecule has 2 aromatic carbocycles. The third-order valence-corrected chi connectivity index (χ3v) is 4.35. The summed E-state index contributed by atoms with van der Waals surface area (Å²) in [5.41, 5.74) is 3.33. The summed E-state index contributed by atoms with van der Waals surface area (Å²) in [6.45, 7) is 6.57. The van der Waals surface area contributed by atoms with Gasteiger partial charge in [-0.05, 0) is 34.2 Å². The van der Waals surface area contributed by atoms with Crippen LogP contribution in [0.3, 0.4) is 0 Å². The van der Waals surface area contributed by atoms with E-state index < -0.39 is 0 Å². The Kier molecular flexibility index (Phi) is 4.69. The van der Waals surface area contributed by atoms with Crippen LogP contribution in [0.5, 0.6) is 0 Å². The average molecular weight is 328 g/mol. The molecule has 0 aliphatic heterocycles. The zero-order chi connectivity index (χ0) is 14.9. The summed E-state index contributed by atoms with van der Waals surface area (Å²) in [6, 6.07) is 13.8. The van der Waals surface area contributed by atoms with Crippen molar-refractivity contribution in [3.05, 3.63) is 69.2 Å². The Morgan fingerprint density at radius 3 is 2.00 bits per heavy atom. The number of hydrogen-bond donors (Lipinski definition) is 0. The van der Waals surface area contributed by atoms with Gasteiger partial charge in [0.15, 0.2) is 0 Å². The molecular weight excluding hydrogens is 311 g/mol. The Balaban J connectivity index is 2.31. The maximum atomic E-state index is 6.53. The molecule has 1 unspecified atom stereocenters. The Bertz CT molecular complexity index is 595. The molecule has 0 N–H and O–H groups in total. The topological polar surface area (TPSA) is 0 Å². The number of alkyl halides is 1. The fourth-order valence-corrected chi connectivity index (χ4v) is 2.95. The molecule has 0 aliphatic rings. The first-order valence-electron chi connectivity index (χ1n) is 6.48. The lowest BCUT2D eigenvalue weighted by Crippen LogP contribution is -2.10. The van der Waals surface area contributed by atoms with Gasteiger partial charge in [0, 0.05) is 10.0 Å². The van der Waals surface area contributed by atoms with Crippen LogP contribution in [0.1, 0.15) is 42.8 Å². The first kappa shape index (κ1) is 15.7. The van der Waals surface area contributed by atoms with Crippen LogP contribution in [0.4, 0.5) is 0 Å². The van der Waals surface area contributed by atoms with E-state index in [-0.39, 0.29) is 10.8 Å². The van der Waals surface area contributed by atoms with Gasteiger partial charge in [-0.3, -0.25) is 0 Å². The van der Waals surface area contributed by atoms with Gasteiger partial charge in [0.25, 0.3) is 0 Å². The Morgan fingerprint density at radius 1 is 0.900 bits per heavy atom. The fourth-order valence-electron chi connectivity index (χ4n) is 2.04. The van der Waals surface area contributed by atoms with Gasteiger partial charge in [-0.1, -0.05) is 74.3 Å². The van der Waals surface area contributed by atoms with Crippen LogP contribution in [-0.4, -0.2) is 0 Å². The van der Waals surface area contributed by atoms with Gasteiger partial charge in [-0.2, -0.15) is 0 Å². The molecule has 0 heterocycles. The third-order valence-electron chi connectivity index (χ3n) is 3.30. The minimum absolute atomic E-state index is 0.137. The molecule has 0 bridgehead atoms. The smallest absolute Gasteiger partial charge is 0.0849 e. The van der Waals surface area contributed by atoms with Crippen molar-refractivity contribution in [3.8, 4) is 0 Å². The third kappa shape index (κ3) is 3.49. The summed E-state index contributed by atoms with van der Waals surface area (Å²) in [5, 5.41) is 0.942. The molecule has 0 nitrogen and oxygen atoms in total. The fraction of sp³-hybridized carbons (Fsp3) is 0.294. The van der Waals surface area contributed by atoms with Crippen LogP contribution in [0.25, 0.3) is 0 Å². The summed E-state index contributed by atoms with van der Waals surface area (Å²) in [4.78, 5) is 0. The maximum absolute atomic E-state index is 6.53. The maximum Gasteiger partial charge on any atom is 0.0849 e. The molecule has 3 heteroatoms. The van der Waals surface area contributed by atoms with Crippen LogP contribution in [-0.2, 0) is 5.41 Å². The number of rotatable bonds is 2. The molecule has 0 saturated heterocycles. The van der Waals surface area contributed by atoms with E-state index in [1.54, 1.807) is 6.07 Å². The standard InChI is InChI=1S/C17H17Cl3/c1-17(2,3)12-6-4-11(5-7-12)16(20)14-9-8-13(18)10-15(14)19/h4-10,16H,1-3H3. The van der Waals surface area contributed by atoms with Crippen molar-refractivity contribution in [1.29, 1.82) is 0 Å². The van der Waals surface area contributed by atoms with Crippen molar-refractivity contribution in [3.63, 3.8) is 0 Å². The molecule has 0 saturated carbocycles. The molecule has 2 rings (SSSR count). The first-order chi connectivity index (χ1) is 9.29. The molecular formula is C17H17Cl3. The highest BCUT2D eigenvalue weighted by molar-refractivity contribution is 6.36. The lowest BCUT2D eigenvalue weighted by Gasteiger charge is -2.20. The summed E-state index contributed by atoms with van der Waals surface area (Å²) in [7, 11) is 0. The monoisotopic (exact) mass is 326 g/mol. The molecule has 106 valence electrons. The highest BCUT2D eigenvalue weighted by Gasteiger charge is 2.17. The quantitative estimate of drug-likeness (QED) is 0.544. The summed E-state index contributed by atoms with van der Waals surface area (Å²) >= 11 is 18.6. The zero-order valence-electron chi connectivity index (χ0n) is 11.8. The van der Waals surface area contributed by atoms with Gasteiger partial charge >= 0.3 is 0 Å². The minimum Gasteiger partial charge on any atom is -0.113 e. The lowest BCUT2D eigenvalue weighted by atomic mass is 9.86. The van der Waals surface area contributed by atoms with Crippen molar-refractivity contribution in [2.75, 3.05) is 0 Å². The second kappa shape index (κ2) is 5.97. The average Bonchev–Trinajstić information content (AvgIpc) is 2.37. The van der Waals surface area contributed by atoms with E-state index in [1.165, 1.54) is 5.56 Å². The SMILES string of the molecule is CC(C)(C)c1ccc(C(Cl)c2ccc(Cl)cc2Cl)cc1. The minimum atomic E-state index is -0.270. The highest BCUT2D eigenvalue weighted by atomic mass is 35.5. The summed E-state index contributed by atoms with van der Waals surface area (Å²) in [6.07, 6.45) is 0. The largest absolute Gasteiger partial charge is 0.113 e. The second-order valence-corrected chi connectivity index (χ2v) is 7.18. The van der Waals surface area contributed by atoms with Gasteiger partial charge < -0.3 is 0 Å². The predicted molar refractivity (Wildman–Crippen MR) is 89.3 cm³/mol. The molecule has 20 heavy (non-hydrogen) atoms. The number of halogens is 3.